The first-order valence-corrected chi connectivity index (χ1v) is 21.8. The molecular formula is C47H82O4. The highest BCUT2D eigenvalue weighted by molar-refractivity contribution is 5.69. The van der Waals surface area contributed by atoms with Gasteiger partial charge in [0.1, 0.15) is 6.10 Å². The van der Waals surface area contributed by atoms with Crippen molar-refractivity contribution < 1.29 is 19.4 Å². The summed E-state index contributed by atoms with van der Waals surface area (Å²) in [4.78, 5) is 23.5. The fourth-order valence-corrected chi connectivity index (χ4v) is 6.33. The summed E-state index contributed by atoms with van der Waals surface area (Å²) in [6.45, 7) is 4.44. The van der Waals surface area contributed by atoms with Gasteiger partial charge in [-0.2, -0.15) is 0 Å². The fourth-order valence-electron chi connectivity index (χ4n) is 6.33. The second-order valence-corrected chi connectivity index (χ2v) is 14.5. The van der Waals surface area contributed by atoms with Gasteiger partial charge in [-0.05, 0) is 83.5 Å². The smallest absolute Gasteiger partial charge is 0.306 e. The van der Waals surface area contributed by atoms with Gasteiger partial charge in [-0.25, -0.2) is 0 Å². The van der Waals surface area contributed by atoms with Crippen LogP contribution in [-0.2, 0) is 14.3 Å². The lowest BCUT2D eigenvalue weighted by Crippen LogP contribution is -2.18. The maximum absolute atomic E-state index is 12.7. The maximum atomic E-state index is 12.7. The number of carboxylic acids is 1. The molecule has 0 aromatic heterocycles. The van der Waals surface area contributed by atoms with E-state index >= 15 is 0 Å². The highest BCUT2D eigenvalue weighted by Crippen LogP contribution is 2.19. The van der Waals surface area contributed by atoms with Crippen LogP contribution in [0.1, 0.15) is 219 Å². The predicted molar refractivity (Wildman–Crippen MR) is 222 cm³/mol. The fraction of sp³-hybridized carbons (Fsp3) is 0.745. The predicted octanol–water partition coefficient (Wildman–Crippen LogP) is 15.3. The van der Waals surface area contributed by atoms with Gasteiger partial charge in [-0.15, -0.1) is 0 Å². The number of carbonyl (C=O) groups excluding carboxylic acids is 1. The normalized spacial score (nSPS) is 12.8. The molecule has 4 heteroatoms. The number of carbonyl (C=O) groups is 2. The lowest BCUT2D eigenvalue weighted by atomic mass is 10.0. The van der Waals surface area contributed by atoms with Gasteiger partial charge in [0.25, 0.3) is 0 Å². The largest absolute Gasteiger partial charge is 0.481 e. The minimum atomic E-state index is -0.704. The van der Waals surface area contributed by atoms with Gasteiger partial charge in [-0.3, -0.25) is 9.59 Å². The number of ether oxygens (including phenoxy) is 1. The maximum Gasteiger partial charge on any atom is 0.306 e. The van der Waals surface area contributed by atoms with Crippen LogP contribution in [0.15, 0.2) is 60.8 Å². The van der Waals surface area contributed by atoms with Crippen molar-refractivity contribution in [3.63, 3.8) is 0 Å². The molecule has 0 saturated heterocycles. The molecule has 0 fully saturated rings. The van der Waals surface area contributed by atoms with Gasteiger partial charge in [0.2, 0.25) is 0 Å². The van der Waals surface area contributed by atoms with Gasteiger partial charge in [-0.1, -0.05) is 184 Å². The van der Waals surface area contributed by atoms with Gasteiger partial charge >= 0.3 is 11.9 Å². The van der Waals surface area contributed by atoms with Crippen LogP contribution in [0.2, 0.25) is 0 Å². The molecule has 1 N–H and O–H groups in total. The molecule has 0 aromatic rings. The topological polar surface area (TPSA) is 63.6 Å². The van der Waals surface area contributed by atoms with E-state index in [2.05, 4.69) is 74.6 Å². The molecule has 1 unspecified atom stereocenters. The number of esters is 1. The number of carboxylic acid groups (broad SMARTS) is 1. The number of allylic oxidation sites excluding steroid dienone is 10. The Morgan fingerprint density at radius 1 is 0.451 bits per heavy atom. The summed E-state index contributed by atoms with van der Waals surface area (Å²) in [6, 6.07) is 0. The van der Waals surface area contributed by atoms with E-state index in [0.29, 0.717) is 6.42 Å². The zero-order valence-corrected chi connectivity index (χ0v) is 33.7. The minimum Gasteiger partial charge on any atom is -0.481 e. The molecule has 294 valence electrons. The van der Waals surface area contributed by atoms with E-state index in [1.807, 2.05) is 0 Å². The van der Waals surface area contributed by atoms with E-state index in [1.165, 1.54) is 83.5 Å². The summed E-state index contributed by atoms with van der Waals surface area (Å²) in [7, 11) is 0. The number of unbranched alkanes of at least 4 members (excludes halogenated alkanes) is 20. The van der Waals surface area contributed by atoms with E-state index in [9.17, 15) is 9.59 Å². The Morgan fingerprint density at radius 3 is 1.27 bits per heavy atom. The van der Waals surface area contributed by atoms with E-state index in [4.69, 9.17) is 9.84 Å². The second kappa shape index (κ2) is 42.1. The Bertz CT molecular complexity index is 896. The summed E-state index contributed by atoms with van der Waals surface area (Å²) in [5, 5.41) is 8.84. The molecule has 0 rings (SSSR count). The Hall–Kier alpha value is -2.36. The number of rotatable bonds is 39. The number of hydrogen-bond acceptors (Lipinski definition) is 3. The van der Waals surface area contributed by atoms with E-state index in [1.54, 1.807) is 0 Å². The van der Waals surface area contributed by atoms with Crippen molar-refractivity contribution in [3.05, 3.63) is 60.8 Å². The molecule has 0 saturated carbocycles. The van der Waals surface area contributed by atoms with Crippen LogP contribution in [0.25, 0.3) is 0 Å². The molecule has 0 aromatic carbocycles. The van der Waals surface area contributed by atoms with Gasteiger partial charge in [0.15, 0.2) is 0 Å². The molecule has 0 spiro atoms. The molecule has 0 amide bonds. The van der Waals surface area contributed by atoms with E-state index in [-0.39, 0.29) is 18.5 Å². The second-order valence-electron chi connectivity index (χ2n) is 14.5. The van der Waals surface area contributed by atoms with Crippen molar-refractivity contribution in [2.45, 2.75) is 225 Å². The van der Waals surface area contributed by atoms with Crippen molar-refractivity contribution in [2.24, 2.45) is 0 Å². The summed E-state index contributed by atoms with van der Waals surface area (Å²) in [6.07, 6.45) is 58.1. The van der Waals surface area contributed by atoms with Crippen molar-refractivity contribution in [1.29, 1.82) is 0 Å². The van der Waals surface area contributed by atoms with Gasteiger partial charge in [0, 0.05) is 12.8 Å². The molecule has 0 bridgehead atoms. The lowest BCUT2D eigenvalue weighted by molar-refractivity contribution is -0.150. The first kappa shape index (κ1) is 48.6. The van der Waals surface area contributed by atoms with Crippen LogP contribution in [0.4, 0.5) is 0 Å². The standard InChI is InChI=1S/C47H82O4/c1-3-5-7-9-11-13-15-17-19-20-21-22-23-25-27-29-31-36-40-44-47(50)51-45(42-38-34-32-35-39-43-46(48)49)41-37-33-30-28-26-24-18-16-14-12-10-8-6-4-2/h5,7,11,13,17,19,21-22,25,27,45H,3-4,6,8-10,12,14-16,18,20,23-24,26,28-44H2,1-2H3,(H,48,49)/b7-5-,13-11-,19-17-,22-21-,27-25-. The zero-order valence-electron chi connectivity index (χ0n) is 33.7. The number of aliphatic carboxylic acids is 1. The minimum absolute atomic E-state index is 0.0262. The van der Waals surface area contributed by atoms with Crippen LogP contribution in [-0.4, -0.2) is 23.1 Å². The molecule has 51 heavy (non-hydrogen) atoms. The molecule has 1 atom stereocenters. The van der Waals surface area contributed by atoms with Crippen LogP contribution >= 0.6 is 0 Å². The first-order valence-electron chi connectivity index (χ1n) is 21.8. The van der Waals surface area contributed by atoms with Crippen molar-refractivity contribution in [3.8, 4) is 0 Å². The van der Waals surface area contributed by atoms with Crippen molar-refractivity contribution in [2.75, 3.05) is 0 Å². The summed E-state index contributed by atoms with van der Waals surface area (Å²) >= 11 is 0. The van der Waals surface area contributed by atoms with Crippen LogP contribution in [0.5, 0.6) is 0 Å². The van der Waals surface area contributed by atoms with E-state index < -0.39 is 5.97 Å². The summed E-state index contributed by atoms with van der Waals surface area (Å²) in [5.41, 5.74) is 0. The zero-order chi connectivity index (χ0) is 37.1. The SMILES string of the molecule is CC/C=C\C/C=C\C/C=C\C/C=C\C/C=C\CCCCCC(=O)OC(CCCCCCCCCCCCCCCC)CCCCCCCC(=O)O. The molecule has 0 radical (unpaired) electrons. The van der Waals surface area contributed by atoms with E-state index in [0.717, 1.165) is 109 Å². The highest BCUT2D eigenvalue weighted by atomic mass is 16.5. The monoisotopic (exact) mass is 711 g/mol. The van der Waals surface area contributed by atoms with Crippen LogP contribution in [0.3, 0.4) is 0 Å². The Morgan fingerprint density at radius 2 is 0.824 bits per heavy atom. The third-order valence-corrected chi connectivity index (χ3v) is 9.50. The average Bonchev–Trinajstić information content (AvgIpc) is 3.12. The third-order valence-electron chi connectivity index (χ3n) is 9.50. The quantitative estimate of drug-likeness (QED) is 0.0392. The Balaban J connectivity index is 4.09. The van der Waals surface area contributed by atoms with Crippen LogP contribution in [0, 0.1) is 0 Å². The Labute approximate surface area is 316 Å². The van der Waals surface area contributed by atoms with Crippen LogP contribution < -0.4 is 0 Å². The molecule has 0 aliphatic rings. The summed E-state index contributed by atoms with van der Waals surface area (Å²) < 4.78 is 6.01. The summed E-state index contributed by atoms with van der Waals surface area (Å²) in [5.74, 6) is -0.731. The highest BCUT2D eigenvalue weighted by Gasteiger charge is 2.14. The third kappa shape index (κ3) is 41.9. The molecule has 0 aliphatic carbocycles. The van der Waals surface area contributed by atoms with Gasteiger partial charge in [0.05, 0.1) is 0 Å². The lowest BCUT2D eigenvalue weighted by Gasteiger charge is -2.18. The Kier molecular flexibility index (Phi) is 40.1. The molecule has 0 heterocycles. The van der Waals surface area contributed by atoms with Crippen molar-refractivity contribution in [1.82, 2.24) is 0 Å². The molecule has 0 aliphatic heterocycles. The van der Waals surface area contributed by atoms with Crippen molar-refractivity contribution >= 4 is 11.9 Å². The number of hydrogen-bond donors (Lipinski definition) is 1. The van der Waals surface area contributed by atoms with Gasteiger partial charge < -0.3 is 9.84 Å². The molecule has 4 nitrogen and oxygen atoms in total. The average molecular weight is 711 g/mol. The molecular weight excluding hydrogens is 629 g/mol. The first-order chi connectivity index (χ1) is 25.1.